The van der Waals surface area contributed by atoms with E-state index in [2.05, 4.69) is 5.32 Å². The molecule has 1 aromatic rings. The van der Waals surface area contributed by atoms with Crippen molar-refractivity contribution in [3.63, 3.8) is 0 Å². The smallest absolute Gasteiger partial charge is 0.416 e. The summed E-state index contributed by atoms with van der Waals surface area (Å²) in [6, 6.07) is 4.17. The van der Waals surface area contributed by atoms with Crippen LogP contribution in [0.5, 0.6) is 5.75 Å². The van der Waals surface area contributed by atoms with Crippen molar-refractivity contribution < 1.29 is 27.8 Å². The van der Waals surface area contributed by atoms with E-state index in [1.54, 1.807) is 0 Å². The van der Waals surface area contributed by atoms with E-state index in [0.29, 0.717) is 12.8 Å². The van der Waals surface area contributed by atoms with Gasteiger partial charge in [0, 0.05) is 6.54 Å². The monoisotopic (exact) mass is 346 g/mol. The average Bonchev–Trinajstić information content (AvgIpc) is 2.98. The Morgan fingerprint density at radius 3 is 2.42 bits per heavy atom. The number of alkyl halides is 3. The van der Waals surface area contributed by atoms with Crippen molar-refractivity contribution in [2.24, 2.45) is 5.73 Å². The van der Waals surface area contributed by atoms with Crippen LogP contribution in [-0.4, -0.2) is 35.8 Å². The van der Waals surface area contributed by atoms with Crippen molar-refractivity contribution in [2.45, 2.75) is 43.5 Å². The van der Waals surface area contributed by atoms with Crippen LogP contribution in [0.4, 0.5) is 13.2 Å². The summed E-state index contributed by atoms with van der Waals surface area (Å²) in [5, 5.41) is 12.4. The first-order valence-electron chi connectivity index (χ1n) is 7.76. The first-order valence-corrected chi connectivity index (χ1v) is 7.76. The lowest BCUT2D eigenvalue weighted by Gasteiger charge is -2.23. The van der Waals surface area contributed by atoms with E-state index >= 15 is 0 Å². The van der Waals surface area contributed by atoms with Crippen molar-refractivity contribution >= 4 is 5.91 Å². The van der Waals surface area contributed by atoms with Crippen LogP contribution < -0.4 is 15.8 Å². The van der Waals surface area contributed by atoms with Crippen molar-refractivity contribution in [2.75, 3.05) is 13.2 Å². The van der Waals surface area contributed by atoms with E-state index in [0.717, 1.165) is 25.0 Å². The Bertz CT molecular complexity index is 555. The summed E-state index contributed by atoms with van der Waals surface area (Å²) in [7, 11) is 0. The fourth-order valence-electron chi connectivity index (χ4n) is 2.61. The van der Waals surface area contributed by atoms with Gasteiger partial charge in [-0.25, -0.2) is 0 Å². The molecule has 8 heteroatoms. The Labute approximate surface area is 138 Å². The molecule has 1 saturated carbocycles. The van der Waals surface area contributed by atoms with E-state index in [1.807, 2.05) is 0 Å². The number of carbonyl (C=O) groups is 1. The number of amides is 1. The summed E-state index contributed by atoms with van der Waals surface area (Å²) in [6.07, 6.45) is -2.33. The van der Waals surface area contributed by atoms with E-state index in [4.69, 9.17) is 10.5 Å². The Morgan fingerprint density at radius 2 is 1.88 bits per heavy atom. The summed E-state index contributed by atoms with van der Waals surface area (Å²) in [5.74, 6) is -0.0898. The third kappa shape index (κ3) is 4.85. The number of hydrogen-bond acceptors (Lipinski definition) is 4. The quantitative estimate of drug-likeness (QED) is 0.734. The molecule has 0 heterocycles. The number of ether oxygens (including phenoxy) is 1. The lowest BCUT2D eigenvalue weighted by Crippen LogP contribution is -2.53. The molecule has 4 N–H and O–H groups in total. The minimum absolute atomic E-state index is 0.0293. The molecule has 0 aliphatic heterocycles. The fraction of sp³-hybridized carbons (Fsp3) is 0.562. The van der Waals surface area contributed by atoms with E-state index in [-0.39, 0.29) is 24.8 Å². The van der Waals surface area contributed by atoms with Gasteiger partial charge >= 0.3 is 6.18 Å². The van der Waals surface area contributed by atoms with Gasteiger partial charge in [0.2, 0.25) is 5.91 Å². The van der Waals surface area contributed by atoms with E-state index in [9.17, 15) is 23.1 Å². The SMILES string of the molecule is NC1(C(=O)NCC(O)COc2ccc(C(F)(F)F)cc2)CCCC1. The number of benzene rings is 1. The molecule has 5 nitrogen and oxygen atoms in total. The molecule has 0 saturated heterocycles. The van der Waals surface area contributed by atoms with Crippen LogP contribution in [0.3, 0.4) is 0 Å². The fourth-order valence-corrected chi connectivity index (χ4v) is 2.61. The second-order valence-corrected chi connectivity index (χ2v) is 6.06. The molecule has 0 spiro atoms. The van der Waals surface area contributed by atoms with E-state index < -0.39 is 23.4 Å². The lowest BCUT2D eigenvalue weighted by atomic mass is 9.98. The number of nitrogens with one attached hydrogen (secondary N) is 1. The van der Waals surface area contributed by atoms with E-state index in [1.165, 1.54) is 12.1 Å². The highest BCUT2D eigenvalue weighted by atomic mass is 19.4. The molecule has 1 aliphatic rings. The number of halogens is 3. The maximum atomic E-state index is 12.4. The maximum absolute atomic E-state index is 12.4. The number of nitrogens with two attached hydrogens (primary N) is 1. The standard InChI is InChI=1S/C16H21F3N2O3/c17-16(18,19)11-3-5-13(6-4-11)24-10-12(22)9-21-14(23)15(20)7-1-2-8-15/h3-6,12,22H,1-2,7-10,20H2,(H,21,23). The predicted octanol–water partition coefficient (Wildman–Crippen LogP) is 1.83. The van der Waals surface area contributed by atoms with Gasteiger partial charge in [-0.05, 0) is 37.1 Å². The zero-order valence-corrected chi connectivity index (χ0v) is 13.1. The minimum atomic E-state index is -4.40. The number of rotatable bonds is 6. The Hall–Kier alpha value is -1.80. The topological polar surface area (TPSA) is 84.6 Å². The molecular weight excluding hydrogens is 325 g/mol. The Morgan fingerprint density at radius 1 is 1.29 bits per heavy atom. The molecule has 1 amide bonds. The highest BCUT2D eigenvalue weighted by Gasteiger charge is 2.36. The first-order chi connectivity index (χ1) is 11.2. The molecule has 1 unspecified atom stereocenters. The van der Waals surface area contributed by atoms with Gasteiger partial charge in [0.25, 0.3) is 0 Å². The molecule has 1 aliphatic carbocycles. The Kier molecular flexibility index (Phi) is 5.71. The highest BCUT2D eigenvalue weighted by molar-refractivity contribution is 5.86. The normalized spacial score (nSPS) is 18.2. The molecule has 0 bridgehead atoms. The summed E-state index contributed by atoms with van der Waals surface area (Å²) >= 11 is 0. The molecule has 0 radical (unpaired) electrons. The van der Waals surface area contributed by atoms with Gasteiger partial charge in [0.05, 0.1) is 11.1 Å². The van der Waals surface area contributed by atoms with Crippen LogP contribution in [-0.2, 0) is 11.0 Å². The zero-order valence-electron chi connectivity index (χ0n) is 13.1. The zero-order chi connectivity index (χ0) is 17.8. The molecule has 1 fully saturated rings. The minimum Gasteiger partial charge on any atom is -0.491 e. The molecule has 0 aromatic heterocycles. The summed E-state index contributed by atoms with van der Waals surface area (Å²) in [6.45, 7) is -0.179. The van der Waals surface area contributed by atoms with Gasteiger partial charge in [0.1, 0.15) is 18.5 Å². The number of aliphatic hydroxyl groups excluding tert-OH is 1. The maximum Gasteiger partial charge on any atom is 0.416 e. The largest absolute Gasteiger partial charge is 0.491 e. The van der Waals surface area contributed by atoms with Gasteiger partial charge < -0.3 is 20.9 Å². The third-order valence-corrected chi connectivity index (χ3v) is 4.07. The van der Waals surface area contributed by atoms with Gasteiger partial charge in [-0.15, -0.1) is 0 Å². The van der Waals surface area contributed by atoms with Crippen LogP contribution in [0, 0.1) is 0 Å². The average molecular weight is 346 g/mol. The second kappa shape index (κ2) is 7.40. The molecule has 1 atom stereocenters. The van der Waals surface area contributed by atoms with Crippen molar-refractivity contribution in [3.05, 3.63) is 29.8 Å². The second-order valence-electron chi connectivity index (χ2n) is 6.06. The number of carbonyl (C=O) groups excluding carboxylic acids is 1. The Balaban J connectivity index is 1.75. The predicted molar refractivity (Wildman–Crippen MR) is 81.3 cm³/mol. The third-order valence-electron chi connectivity index (χ3n) is 4.07. The summed E-state index contributed by atoms with van der Waals surface area (Å²) < 4.78 is 42.5. The van der Waals surface area contributed by atoms with Gasteiger partial charge in [-0.1, -0.05) is 12.8 Å². The molecule has 24 heavy (non-hydrogen) atoms. The van der Waals surface area contributed by atoms with Gasteiger partial charge in [0.15, 0.2) is 0 Å². The molecule has 1 aromatic carbocycles. The van der Waals surface area contributed by atoms with Crippen molar-refractivity contribution in [1.29, 1.82) is 0 Å². The first kappa shape index (κ1) is 18.5. The van der Waals surface area contributed by atoms with Crippen LogP contribution >= 0.6 is 0 Å². The molecule has 2 rings (SSSR count). The molecule has 134 valence electrons. The van der Waals surface area contributed by atoms with Crippen molar-refractivity contribution in [1.82, 2.24) is 5.32 Å². The summed E-state index contributed by atoms with van der Waals surface area (Å²) in [4.78, 5) is 12.0. The van der Waals surface area contributed by atoms with Gasteiger partial charge in [-0.2, -0.15) is 13.2 Å². The highest BCUT2D eigenvalue weighted by Crippen LogP contribution is 2.30. The molecular formula is C16H21F3N2O3. The van der Waals surface area contributed by atoms with Gasteiger partial charge in [-0.3, -0.25) is 4.79 Å². The van der Waals surface area contributed by atoms with Crippen LogP contribution in [0.15, 0.2) is 24.3 Å². The lowest BCUT2D eigenvalue weighted by molar-refractivity contribution is -0.137. The van der Waals surface area contributed by atoms with Crippen LogP contribution in [0.1, 0.15) is 31.2 Å². The van der Waals surface area contributed by atoms with Crippen molar-refractivity contribution in [3.8, 4) is 5.75 Å². The number of aliphatic hydroxyl groups is 1. The summed E-state index contributed by atoms with van der Waals surface area (Å²) in [5.41, 5.74) is 4.35. The number of hydrogen-bond donors (Lipinski definition) is 3. The van der Waals surface area contributed by atoms with Crippen LogP contribution in [0.25, 0.3) is 0 Å². The van der Waals surface area contributed by atoms with Crippen LogP contribution in [0.2, 0.25) is 0 Å².